The van der Waals surface area contributed by atoms with Gasteiger partial charge in [-0.05, 0) is 13.0 Å². The first-order valence-electron chi connectivity index (χ1n) is 8.85. The van der Waals surface area contributed by atoms with E-state index in [0.717, 1.165) is 5.56 Å². The van der Waals surface area contributed by atoms with E-state index in [-0.39, 0.29) is 24.1 Å². The predicted molar refractivity (Wildman–Crippen MR) is 99.5 cm³/mol. The van der Waals surface area contributed by atoms with Crippen LogP contribution in [0.15, 0.2) is 45.4 Å². The maximum absolute atomic E-state index is 12.8. The molecule has 0 atom stereocenters. The van der Waals surface area contributed by atoms with Gasteiger partial charge in [-0.25, -0.2) is 9.78 Å². The zero-order valence-corrected chi connectivity index (χ0v) is 15.7. The number of carbonyl (C=O) groups excluding carboxylic acids is 1. The lowest BCUT2D eigenvalue weighted by molar-refractivity contribution is 0.0432. The highest BCUT2D eigenvalue weighted by Gasteiger charge is 2.21. The van der Waals surface area contributed by atoms with Crippen molar-refractivity contribution in [2.45, 2.75) is 33.3 Å². The second-order valence-electron chi connectivity index (χ2n) is 6.65. The van der Waals surface area contributed by atoms with Gasteiger partial charge in [0, 0.05) is 11.5 Å². The number of carbonyl (C=O) groups is 1. The Labute approximate surface area is 160 Å². The molecule has 8 nitrogen and oxygen atoms in total. The van der Waals surface area contributed by atoms with Crippen LogP contribution in [0.4, 0.5) is 0 Å². The van der Waals surface area contributed by atoms with Crippen molar-refractivity contribution in [1.29, 1.82) is 0 Å². The van der Waals surface area contributed by atoms with Crippen LogP contribution in [0.25, 0.3) is 22.4 Å². The first kappa shape index (κ1) is 17.8. The number of ether oxygens (including phenoxy) is 1. The second kappa shape index (κ2) is 7.22. The molecule has 0 radical (unpaired) electrons. The third kappa shape index (κ3) is 3.36. The Hall–Kier alpha value is -3.55. The van der Waals surface area contributed by atoms with Crippen LogP contribution in [0.5, 0.6) is 0 Å². The van der Waals surface area contributed by atoms with Crippen molar-refractivity contribution in [2.75, 3.05) is 0 Å². The molecule has 4 rings (SSSR count). The minimum atomic E-state index is -0.542. The average molecular weight is 378 g/mol. The van der Waals surface area contributed by atoms with Crippen molar-refractivity contribution in [3.63, 3.8) is 0 Å². The normalized spacial score (nSPS) is 11.3. The van der Waals surface area contributed by atoms with Gasteiger partial charge in [-0.3, -0.25) is 0 Å². The Balaban J connectivity index is 1.66. The molecule has 3 heterocycles. The van der Waals surface area contributed by atoms with Crippen LogP contribution >= 0.6 is 0 Å². The number of hydrogen-bond acceptors (Lipinski definition) is 8. The van der Waals surface area contributed by atoms with E-state index in [1.165, 1.54) is 0 Å². The van der Waals surface area contributed by atoms with Crippen LogP contribution in [0, 0.1) is 6.92 Å². The summed E-state index contributed by atoms with van der Waals surface area (Å²) in [5.41, 5.74) is 2.62. The summed E-state index contributed by atoms with van der Waals surface area (Å²) in [5.74, 6) is 0.396. The van der Waals surface area contributed by atoms with Crippen molar-refractivity contribution in [3.05, 3.63) is 59.4 Å². The standard InChI is InChI=1S/C20H18N4O4/c1-11(2)18-22-16(27-24-18)10-26-20(25)14-9-15(13-7-5-4-6-8-13)21-19-17(14)12(3)23-28-19/h4-9,11H,10H2,1-3H3. The predicted octanol–water partition coefficient (Wildman–Crippen LogP) is 4.06. The topological polar surface area (TPSA) is 104 Å². The number of benzene rings is 1. The van der Waals surface area contributed by atoms with Gasteiger partial charge >= 0.3 is 5.97 Å². The van der Waals surface area contributed by atoms with Crippen LogP contribution in [0.1, 0.15) is 47.5 Å². The molecule has 0 saturated heterocycles. The molecule has 0 N–H and O–H groups in total. The molecule has 0 spiro atoms. The molecule has 0 aliphatic carbocycles. The van der Waals surface area contributed by atoms with E-state index < -0.39 is 5.97 Å². The second-order valence-corrected chi connectivity index (χ2v) is 6.65. The third-order valence-electron chi connectivity index (χ3n) is 4.23. The Morgan fingerprint density at radius 1 is 1.11 bits per heavy atom. The largest absolute Gasteiger partial charge is 0.452 e. The van der Waals surface area contributed by atoms with Gasteiger partial charge in [-0.2, -0.15) is 4.98 Å². The summed E-state index contributed by atoms with van der Waals surface area (Å²) in [4.78, 5) is 21.5. The highest BCUT2D eigenvalue weighted by atomic mass is 16.6. The van der Waals surface area contributed by atoms with Gasteiger partial charge in [0.1, 0.15) is 0 Å². The smallest absolute Gasteiger partial charge is 0.339 e. The van der Waals surface area contributed by atoms with Crippen molar-refractivity contribution < 1.29 is 18.6 Å². The molecule has 28 heavy (non-hydrogen) atoms. The minimum absolute atomic E-state index is 0.118. The zero-order chi connectivity index (χ0) is 19.7. The van der Waals surface area contributed by atoms with Gasteiger partial charge in [0.15, 0.2) is 12.4 Å². The van der Waals surface area contributed by atoms with Gasteiger partial charge in [-0.15, -0.1) is 0 Å². The highest BCUT2D eigenvalue weighted by Crippen LogP contribution is 2.27. The molecule has 4 aromatic rings. The molecule has 0 fully saturated rings. The lowest BCUT2D eigenvalue weighted by Gasteiger charge is -2.06. The SMILES string of the molecule is Cc1noc2nc(-c3ccccc3)cc(C(=O)OCc3nc(C(C)C)no3)c12. The van der Waals surface area contributed by atoms with Crippen LogP contribution < -0.4 is 0 Å². The molecule has 0 bridgehead atoms. The summed E-state index contributed by atoms with van der Waals surface area (Å²) < 4.78 is 15.8. The number of esters is 1. The van der Waals surface area contributed by atoms with E-state index in [2.05, 4.69) is 20.3 Å². The van der Waals surface area contributed by atoms with Crippen molar-refractivity contribution >= 4 is 17.1 Å². The monoisotopic (exact) mass is 378 g/mol. The number of aromatic nitrogens is 4. The Morgan fingerprint density at radius 2 is 1.89 bits per heavy atom. The summed E-state index contributed by atoms with van der Waals surface area (Å²) in [7, 11) is 0. The Bertz CT molecular complexity index is 1130. The van der Waals surface area contributed by atoms with Gasteiger partial charge in [-0.1, -0.05) is 54.5 Å². The number of nitrogens with zero attached hydrogens (tertiary/aromatic N) is 4. The molecule has 1 aromatic carbocycles. The molecule has 8 heteroatoms. The molecule has 142 valence electrons. The van der Waals surface area contributed by atoms with E-state index in [1.54, 1.807) is 13.0 Å². The fourth-order valence-electron chi connectivity index (χ4n) is 2.78. The van der Waals surface area contributed by atoms with Crippen LogP contribution in [-0.4, -0.2) is 26.3 Å². The lowest BCUT2D eigenvalue weighted by Crippen LogP contribution is -2.07. The molecule has 0 aliphatic rings. The molecule has 0 amide bonds. The first-order chi connectivity index (χ1) is 13.5. The lowest BCUT2D eigenvalue weighted by atomic mass is 10.1. The quantitative estimate of drug-likeness (QED) is 0.479. The summed E-state index contributed by atoms with van der Waals surface area (Å²) in [5, 5.41) is 8.32. The highest BCUT2D eigenvalue weighted by molar-refractivity contribution is 6.04. The fraction of sp³-hybridized carbons (Fsp3) is 0.250. The molecule has 0 saturated carbocycles. The summed E-state index contributed by atoms with van der Waals surface area (Å²) >= 11 is 0. The summed E-state index contributed by atoms with van der Waals surface area (Å²) in [6.45, 7) is 5.54. The third-order valence-corrected chi connectivity index (χ3v) is 4.23. The number of pyridine rings is 1. The zero-order valence-electron chi connectivity index (χ0n) is 15.7. The average Bonchev–Trinajstić information content (AvgIpc) is 3.33. The van der Waals surface area contributed by atoms with Gasteiger partial charge in [0.25, 0.3) is 11.6 Å². The fourth-order valence-corrected chi connectivity index (χ4v) is 2.78. The van der Waals surface area contributed by atoms with E-state index in [4.69, 9.17) is 13.8 Å². The van der Waals surface area contributed by atoms with Gasteiger partial charge in [0.05, 0.1) is 22.3 Å². The van der Waals surface area contributed by atoms with E-state index in [0.29, 0.717) is 28.2 Å². The number of fused-ring (bicyclic) bond motifs is 1. The van der Waals surface area contributed by atoms with Crippen LogP contribution in [0.3, 0.4) is 0 Å². The summed E-state index contributed by atoms with van der Waals surface area (Å²) in [6, 6.07) is 11.2. The maximum atomic E-state index is 12.8. The van der Waals surface area contributed by atoms with Gasteiger partial charge in [0.2, 0.25) is 0 Å². The van der Waals surface area contributed by atoms with Crippen molar-refractivity contribution in [3.8, 4) is 11.3 Å². The first-order valence-corrected chi connectivity index (χ1v) is 8.85. The van der Waals surface area contributed by atoms with E-state index >= 15 is 0 Å². The Morgan fingerprint density at radius 3 is 2.61 bits per heavy atom. The van der Waals surface area contributed by atoms with Crippen molar-refractivity contribution in [2.24, 2.45) is 0 Å². The number of hydrogen-bond donors (Lipinski definition) is 0. The molecule has 0 unspecified atom stereocenters. The van der Waals surface area contributed by atoms with E-state index in [1.807, 2.05) is 44.2 Å². The van der Waals surface area contributed by atoms with Crippen LogP contribution in [-0.2, 0) is 11.3 Å². The minimum Gasteiger partial charge on any atom is -0.452 e. The molecular weight excluding hydrogens is 360 g/mol. The molecular formula is C20H18N4O4. The van der Waals surface area contributed by atoms with Crippen molar-refractivity contribution in [1.82, 2.24) is 20.3 Å². The van der Waals surface area contributed by atoms with Crippen LogP contribution in [0.2, 0.25) is 0 Å². The maximum Gasteiger partial charge on any atom is 0.339 e. The van der Waals surface area contributed by atoms with E-state index in [9.17, 15) is 4.79 Å². The number of aryl methyl sites for hydroxylation is 1. The molecule has 3 aromatic heterocycles. The molecule has 0 aliphatic heterocycles. The van der Waals surface area contributed by atoms with Gasteiger partial charge < -0.3 is 13.8 Å². The summed E-state index contributed by atoms with van der Waals surface area (Å²) in [6.07, 6.45) is 0. The number of rotatable bonds is 5. The Kier molecular flexibility index (Phi) is 4.60.